The third kappa shape index (κ3) is 3.36. The van der Waals surface area contributed by atoms with E-state index in [0.29, 0.717) is 0 Å². The molecule has 1 aromatic heterocycles. The molecule has 7 heteroatoms. The predicted molar refractivity (Wildman–Crippen MR) is 104 cm³/mol. The van der Waals surface area contributed by atoms with E-state index in [1.807, 2.05) is 23.6 Å². The summed E-state index contributed by atoms with van der Waals surface area (Å²) in [6.07, 6.45) is 1.73. The highest BCUT2D eigenvalue weighted by molar-refractivity contribution is 14.1. The molecular formula is C17H12IN3O2S. The Hall–Kier alpha value is -2.13. The number of nitrogens with zero attached hydrogens (tertiary/aromatic N) is 2. The van der Waals surface area contributed by atoms with E-state index in [4.69, 9.17) is 9.47 Å². The van der Waals surface area contributed by atoms with E-state index in [1.54, 1.807) is 6.21 Å². The van der Waals surface area contributed by atoms with Crippen LogP contribution < -0.4 is 14.9 Å². The van der Waals surface area contributed by atoms with Crippen LogP contribution in [-0.2, 0) is 0 Å². The molecule has 1 aliphatic heterocycles. The SMILES string of the molecule is Ic1ccc(-c2csc(N/N=C\c3ccc4c(c3)OCO4)n2)cc1. The highest BCUT2D eigenvalue weighted by Gasteiger charge is 2.12. The van der Waals surface area contributed by atoms with Crippen LogP contribution in [0.2, 0.25) is 0 Å². The lowest BCUT2D eigenvalue weighted by Gasteiger charge is -1.98. The minimum atomic E-state index is 0.272. The number of hydrogen-bond acceptors (Lipinski definition) is 6. The lowest BCUT2D eigenvalue weighted by atomic mass is 10.2. The molecule has 120 valence electrons. The van der Waals surface area contributed by atoms with Crippen molar-refractivity contribution in [3.05, 3.63) is 57.0 Å². The molecule has 1 N–H and O–H groups in total. The average molecular weight is 449 g/mol. The van der Waals surface area contributed by atoms with Gasteiger partial charge in [0.2, 0.25) is 11.9 Å². The molecule has 0 fully saturated rings. The predicted octanol–water partition coefficient (Wildman–Crippen LogP) is 4.59. The van der Waals surface area contributed by atoms with Crippen molar-refractivity contribution >= 4 is 45.3 Å². The molecule has 4 rings (SSSR count). The first kappa shape index (κ1) is 15.4. The molecule has 0 unspecified atom stereocenters. The van der Waals surface area contributed by atoms with E-state index in [0.717, 1.165) is 33.5 Å². The number of hydrogen-bond donors (Lipinski definition) is 1. The number of ether oxygens (including phenoxy) is 2. The van der Waals surface area contributed by atoms with Gasteiger partial charge in [-0.1, -0.05) is 12.1 Å². The number of thiazole rings is 1. The van der Waals surface area contributed by atoms with Gasteiger partial charge in [0.1, 0.15) is 0 Å². The van der Waals surface area contributed by atoms with Gasteiger partial charge in [-0.15, -0.1) is 11.3 Å². The third-order valence-corrected chi connectivity index (χ3v) is 4.88. The highest BCUT2D eigenvalue weighted by atomic mass is 127. The van der Waals surface area contributed by atoms with Crippen molar-refractivity contribution in [2.45, 2.75) is 0 Å². The van der Waals surface area contributed by atoms with Crippen molar-refractivity contribution in [3.8, 4) is 22.8 Å². The van der Waals surface area contributed by atoms with Gasteiger partial charge in [0.15, 0.2) is 11.5 Å². The van der Waals surface area contributed by atoms with Gasteiger partial charge >= 0.3 is 0 Å². The summed E-state index contributed by atoms with van der Waals surface area (Å²) in [6.45, 7) is 0.272. The fraction of sp³-hybridized carbons (Fsp3) is 0.0588. The third-order valence-electron chi connectivity index (χ3n) is 3.41. The summed E-state index contributed by atoms with van der Waals surface area (Å²) in [7, 11) is 0. The number of rotatable bonds is 4. The van der Waals surface area contributed by atoms with Crippen LogP contribution in [0.1, 0.15) is 5.56 Å². The molecule has 0 bridgehead atoms. The maximum Gasteiger partial charge on any atom is 0.231 e. The number of anilines is 1. The molecule has 0 atom stereocenters. The van der Waals surface area contributed by atoms with Crippen molar-refractivity contribution in [3.63, 3.8) is 0 Å². The highest BCUT2D eigenvalue weighted by Crippen LogP contribution is 2.32. The van der Waals surface area contributed by atoms with E-state index < -0.39 is 0 Å². The van der Waals surface area contributed by atoms with Crippen molar-refractivity contribution in [2.24, 2.45) is 5.10 Å². The zero-order chi connectivity index (χ0) is 16.4. The molecule has 0 saturated carbocycles. The zero-order valence-electron chi connectivity index (χ0n) is 12.4. The van der Waals surface area contributed by atoms with Crippen LogP contribution in [0.3, 0.4) is 0 Å². The largest absolute Gasteiger partial charge is 0.454 e. The molecular weight excluding hydrogens is 437 g/mol. The maximum atomic E-state index is 5.35. The number of hydrazone groups is 1. The number of halogens is 1. The first-order valence-electron chi connectivity index (χ1n) is 7.18. The van der Waals surface area contributed by atoms with Crippen molar-refractivity contribution < 1.29 is 9.47 Å². The van der Waals surface area contributed by atoms with E-state index in [-0.39, 0.29) is 6.79 Å². The smallest absolute Gasteiger partial charge is 0.231 e. The van der Waals surface area contributed by atoms with Gasteiger partial charge in [0.05, 0.1) is 11.9 Å². The standard InChI is InChI=1S/C17H12IN3O2S/c18-13-4-2-12(3-5-13)14-9-24-17(20-14)21-19-8-11-1-6-15-16(7-11)23-10-22-15/h1-9H,10H2,(H,20,21)/b19-8-. The van der Waals surface area contributed by atoms with Crippen LogP contribution in [-0.4, -0.2) is 18.0 Å². The molecule has 24 heavy (non-hydrogen) atoms. The molecule has 2 heterocycles. The Balaban J connectivity index is 1.43. The Morgan fingerprint density at radius 3 is 2.83 bits per heavy atom. The molecule has 0 spiro atoms. The molecule has 2 aromatic carbocycles. The fourth-order valence-corrected chi connectivity index (χ4v) is 3.26. The summed E-state index contributed by atoms with van der Waals surface area (Å²) < 4.78 is 11.8. The van der Waals surface area contributed by atoms with Gasteiger partial charge in [-0.25, -0.2) is 4.98 Å². The number of nitrogens with one attached hydrogen (secondary N) is 1. The second-order valence-electron chi connectivity index (χ2n) is 5.03. The zero-order valence-corrected chi connectivity index (χ0v) is 15.4. The molecule has 0 saturated heterocycles. The van der Waals surface area contributed by atoms with Gasteiger partial charge < -0.3 is 9.47 Å². The summed E-state index contributed by atoms with van der Waals surface area (Å²) in [6, 6.07) is 14.0. The van der Waals surface area contributed by atoms with Crippen LogP contribution in [0.5, 0.6) is 11.5 Å². The van der Waals surface area contributed by atoms with Crippen LogP contribution in [0.15, 0.2) is 52.9 Å². The lowest BCUT2D eigenvalue weighted by molar-refractivity contribution is 0.174. The quantitative estimate of drug-likeness (QED) is 0.360. The van der Waals surface area contributed by atoms with Crippen molar-refractivity contribution in [1.29, 1.82) is 0 Å². The van der Waals surface area contributed by atoms with E-state index in [2.05, 4.69) is 62.4 Å². The Morgan fingerprint density at radius 1 is 1.12 bits per heavy atom. The Kier molecular flexibility index (Phi) is 4.35. The van der Waals surface area contributed by atoms with Crippen molar-refractivity contribution in [1.82, 2.24) is 4.98 Å². The second-order valence-corrected chi connectivity index (χ2v) is 7.13. The minimum Gasteiger partial charge on any atom is -0.454 e. The van der Waals surface area contributed by atoms with Gasteiger partial charge in [-0.2, -0.15) is 5.10 Å². The Morgan fingerprint density at radius 2 is 1.96 bits per heavy atom. The molecule has 0 radical (unpaired) electrons. The van der Waals surface area contributed by atoms with Crippen LogP contribution in [0, 0.1) is 3.57 Å². The maximum absolute atomic E-state index is 5.35. The van der Waals surface area contributed by atoms with E-state index >= 15 is 0 Å². The summed E-state index contributed by atoms with van der Waals surface area (Å²) in [5.74, 6) is 1.51. The topological polar surface area (TPSA) is 55.7 Å². The van der Waals surface area contributed by atoms with Crippen LogP contribution in [0.4, 0.5) is 5.13 Å². The minimum absolute atomic E-state index is 0.272. The fourth-order valence-electron chi connectivity index (χ4n) is 2.23. The molecule has 0 amide bonds. The average Bonchev–Trinajstić information content (AvgIpc) is 3.24. The van der Waals surface area contributed by atoms with Crippen molar-refractivity contribution in [2.75, 3.05) is 12.2 Å². The van der Waals surface area contributed by atoms with Gasteiger partial charge in [0, 0.05) is 14.5 Å². The number of aromatic nitrogens is 1. The first-order chi connectivity index (χ1) is 11.8. The van der Waals surface area contributed by atoms with Gasteiger partial charge in [-0.3, -0.25) is 5.43 Å². The summed E-state index contributed by atoms with van der Waals surface area (Å²) in [5, 5.41) is 7.00. The molecule has 5 nitrogen and oxygen atoms in total. The number of fused-ring (bicyclic) bond motifs is 1. The summed E-state index contributed by atoms with van der Waals surface area (Å²) in [4.78, 5) is 4.55. The molecule has 3 aromatic rings. The molecule has 1 aliphatic rings. The lowest BCUT2D eigenvalue weighted by Crippen LogP contribution is -1.93. The summed E-state index contributed by atoms with van der Waals surface area (Å²) >= 11 is 3.81. The number of benzene rings is 2. The van der Waals surface area contributed by atoms with Crippen LogP contribution in [0.25, 0.3) is 11.3 Å². The normalized spacial score (nSPS) is 12.7. The first-order valence-corrected chi connectivity index (χ1v) is 9.14. The van der Waals surface area contributed by atoms with Gasteiger partial charge in [-0.05, 0) is 58.5 Å². The summed E-state index contributed by atoms with van der Waals surface area (Å²) in [5.41, 5.74) is 5.94. The van der Waals surface area contributed by atoms with E-state index in [9.17, 15) is 0 Å². The van der Waals surface area contributed by atoms with E-state index in [1.165, 1.54) is 14.9 Å². The Bertz CT molecular complexity index is 893. The van der Waals surface area contributed by atoms with Crippen LogP contribution >= 0.6 is 33.9 Å². The molecule has 0 aliphatic carbocycles. The second kappa shape index (κ2) is 6.78. The monoisotopic (exact) mass is 449 g/mol. The van der Waals surface area contributed by atoms with Gasteiger partial charge in [0.25, 0.3) is 0 Å². The Labute approximate surface area is 156 Å².